The number of fused-ring (bicyclic) bond motifs is 2. The third-order valence-electron chi connectivity index (χ3n) is 4.01. The summed E-state index contributed by atoms with van der Waals surface area (Å²) in [4.78, 5) is 2.36. The predicted octanol–water partition coefficient (Wildman–Crippen LogP) is 3.49. The Hall–Kier alpha value is -0.340. The average Bonchev–Trinajstić information content (AvgIpc) is 2.87. The van der Waals surface area contributed by atoms with Gasteiger partial charge in [-0.05, 0) is 62.0 Å². The zero-order valence-electron chi connectivity index (χ0n) is 9.26. The van der Waals surface area contributed by atoms with Gasteiger partial charge in [-0.15, -0.1) is 0 Å². The first-order chi connectivity index (χ1) is 7.12. The van der Waals surface area contributed by atoms with Gasteiger partial charge in [0.25, 0.3) is 0 Å². The smallest absolute Gasteiger partial charge is 0.0353 e. The molecule has 0 amide bonds. The molecule has 1 aromatic rings. The molecule has 80 valence electrons. The number of nitrogens with zero attached hydrogens (tertiary/aromatic N) is 1. The second-order valence-electron chi connectivity index (χ2n) is 5.20. The van der Waals surface area contributed by atoms with E-state index in [2.05, 4.69) is 53.1 Å². The van der Waals surface area contributed by atoms with Gasteiger partial charge in [-0.1, -0.05) is 22.0 Å². The van der Waals surface area contributed by atoms with Gasteiger partial charge in [0.05, 0.1) is 0 Å². The van der Waals surface area contributed by atoms with E-state index in [9.17, 15) is 0 Å². The summed E-state index contributed by atoms with van der Waals surface area (Å²) in [5.74, 6) is 0. The van der Waals surface area contributed by atoms with Gasteiger partial charge in [0.1, 0.15) is 0 Å². The van der Waals surface area contributed by atoms with E-state index in [0.29, 0.717) is 11.5 Å². The third-order valence-corrected chi connectivity index (χ3v) is 4.50. The van der Waals surface area contributed by atoms with Gasteiger partial charge in [-0.2, -0.15) is 0 Å². The van der Waals surface area contributed by atoms with E-state index < -0.39 is 0 Å². The summed E-state index contributed by atoms with van der Waals surface area (Å²) in [5.41, 5.74) is 3.71. The van der Waals surface area contributed by atoms with Crippen molar-refractivity contribution in [2.24, 2.45) is 0 Å². The summed E-state index contributed by atoms with van der Waals surface area (Å²) in [7, 11) is 4.38. The molecule has 0 saturated heterocycles. The fourth-order valence-electron chi connectivity index (χ4n) is 2.95. The molecule has 1 saturated carbocycles. The van der Waals surface area contributed by atoms with E-state index in [-0.39, 0.29) is 0 Å². The summed E-state index contributed by atoms with van der Waals surface area (Å²) >= 11 is 3.59. The van der Waals surface area contributed by atoms with Gasteiger partial charge in [0, 0.05) is 10.5 Å². The quantitative estimate of drug-likeness (QED) is 0.752. The summed E-state index contributed by atoms with van der Waals surface area (Å²) in [6, 6.07) is 7.45. The molecule has 0 heterocycles. The fraction of sp³-hybridized carbons (Fsp3) is 0.538. The van der Waals surface area contributed by atoms with Crippen LogP contribution in [0.15, 0.2) is 22.7 Å². The maximum atomic E-state index is 3.59. The molecule has 0 bridgehead atoms. The summed E-state index contributed by atoms with van der Waals surface area (Å²) < 4.78 is 1.23. The summed E-state index contributed by atoms with van der Waals surface area (Å²) in [6.07, 6.45) is 4.10. The highest BCUT2D eigenvalue weighted by Crippen LogP contribution is 2.61. The lowest BCUT2D eigenvalue weighted by atomic mass is 9.99. The molecule has 1 spiro atoms. The van der Waals surface area contributed by atoms with Crippen LogP contribution in [0.5, 0.6) is 0 Å². The molecular formula is C13H16BrN. The Balaban J connectivity index is 2.12. The van der Waals surface area contributed by atoms with Gasteiger partial charge >= 0.3 is 0 Å². The normalized spacial score (nSPS) is 26.0. The SMILES string of the molecule is CN(C)C1CC2(CC2)c2cc(Br)ccc21. The molecule has 1 aromatic carbocycles. The Morgan fingerprint density at radius 2 is 2.07 bits per heavy atom. The van der Waals surface area contributed by atoms with Crippen LogP contribution in [0.25, 0.3) is 0 Å². The molecule has 0 aromatic heterocycles. The first-order valence-corrected chi connectivity index (χ1v) is 6.38. The van der Waals surface area contributed by atoms with Crippen molar-refractivity contribution in [2.75, 3.05) is 14.1 Å². The summed E-state index contributed by atoms with van der Waals surface area (Å²) in [5, 5.41) is 0. The van der Waals surface area contributed by atoms with Crippen LogP contribution in [0.1, 0.15) is 36.4 Å². The maximum absolute atomic E-state index is 3.59. The molecule has 0 aliphatic heterocycles. The van der Waals surface area contributed by atoms with Crippen molar-refractivity contribution in [3.05, 3.63) is 33.8 Å². The van der Waals surface area contributed by atoms with Crippen molar-refractivity contribution < 1.29 is 0 Å². The number of halogens is 1. The van der Waals surface area contributed by atoms with Crippen LogP contribution >= 0.6 is 15.9 Å². The van der Waals surface area contributed by atoms with Crippen molar-refractivity contribution >= 4 is 15.9 Å². The van der Waals surface area contributed by atoms with E-state index in [1.165, 1.54) is 23.7 Å². The monoisotopic (exact) mass is 265 g/mol. The van der Waals surface area contributed by atoms with E-state index >= 15 is 0 Å². The zero-order chi connectivity index (χ0) is 10.6. The van der Waals surface area contributed by atoms with Gasteiger partial charge in [-0.25, -0.2) is 0 Å². The minimum atomic E-state index is 0.550. The molecule has 1 unspecified atom stereocenters. The first-order valence-electron chi connectivity index (χ1n) is 5.59. The van der Waals surface area contributed by atoms with Crippen LogP contribution in [-0.4, -0.2) is 19.0 Å². The molecule has 2 aliphatic rings. The Labute approximate surface area is 99.6 Å². The minimum Gasteiger partial charge on any atom is -0.302 e. The van der Waals surface area contributed by atoms with Crippen LogP contribution in [0, 0.1) is 0 Å². The van der Waals surface area contributed by atoms with Crippen molar-refractivity contribution in [1.82, 2.24) is 4.90 Å². The zero-order valence-corrected chi connectivity index (χ0v) is 10.8. The number of rotatable bonds is 1. The Morgan fingerprint density at radius 1 is 1.33 bits per heavy atom. The van der Waals surface area contributed by atoms with E-state index in [4.69, 9.17) is 0 Å². The summed E-state index contributed by atoms with van der Waals surface area (Å²) in [6.45, 7) is 0. The number of hydrogen-bond donors (Lipinski definition) is 0. The van der Waals surface area contributed by atoms with Gasteiger partial charge in [-0.3, -0.25) is 0 Å². The molecule has 1 fully saturated rings. The largest absolute Gasteiger partial charge is 0.302 e. The average molecular weight is 266 g/mol. The molecule has 15 heavy (non-hydrogen) atoms. The number of benzene rings is 1. The van der Waals surface area contributed by atoms with Crippen LogP contribution in [0.3, 0.4) is 0 Å². The third kappa shape index (κ3) is 1.38. The second-order valence-corrected chi connectivity index (χ2v) is 6.11. The van der Waals surface area contributed by atoms with E-state index in [1.54, 1.807) is 11.1 Å². The van der Waals surface area contributed by atoms with Crippen molar-refractivity contribution in [2.45, 2.75) is 30.7 Å². The minimum absolute atomic E-state index is 0.550. The Morgan fingerprint density at radius 3 is 2.67 bits per heavy atom. The van der Waals surface area contributed by atoms with E-state index in [0.717, 1.165) is 0 Å². The lowest BCUT2D eigenvalue weighted by Crippen LogP contribution is -2.18. The highest BCUT2D eigenvalue weighted by atomic mass is 79.9. The second kappa shape index (κ2) is 3.08. The molecule has 1 nitrogen and oxygen atoms in total. The van der Waals surface area contributed by atoms with Crippen molar-refractivity contribution in [3.63, 3.8) is 0 Å². The van der Waals surface area contributed by atoms with Crippen molar-refractivity contribution in [1.29, 1.82) is 0 Å². The van der Waals surface area contributed by atoms with Crippen LogP contribution in [0.4, 0.5) is 0 Å². The molecule has 0 radical (unpaired) electrons. The van der Waals surface area contributed by atoms with Gasteiger partial charge in [0.2, 0.25) is 0 Å². The molecule has 3 rings (SSSR count). The molecular weight excluding hydrogens is 250 g/mol. The van der Waals surface area contributed by atoms with E-state index in [1.807, 2.05) is 0 Å². The highest BCUT2D eigenvalue weighted by Gasteiger charge is 2.52. The molecule has 1 atom stereocenters. The Bertz CT molecular complexity index is 407. The first kappa shape index (κ1) is 9.86. The standard InChI is InChI=1S/C13H16BrN/c1-15(2)12-8-13(5-6-13)11-7-9(14)3-4-10(11)12/h3-4,7,12H,5-6,8H2,1-2H3. The van der Waals surface area contributed by atoms with Crippen LogP contribution in [0.2, 0.25) is 0 Å². The van der Waals surface area contributed by atoms with Gasteiger partial charge < -0.3 is 4.90 Å². The lowest BCUT2D eigenvalue weighted by Gasteiger charge is -2.20. The fourth-order valence-corrected chi connectivity index (χ4v) is 3.31. The molecule has 0 N–H and O–H groups in total. The van der Waals surface area contributed by atoms with Crippen molar-refractivity contribution in [3.8, 4) is 0 Å². The molecule has 2 heteroatoms. The maximum Gasteiger partial charge on any atom is 0.0353 e. The van der Waals surface area contributed by atoms with Gasteiger partial charge in [0.15, 0.2) is 0 Å². The van der Waals surface area contributed by atoms with Crippen LogP contribution < -0.4 is 0 Å². The highest BCUT2D eigenvalue weighted by molar-refractivity contribution is 9.10. The predicted molar refractivity (Wildman–Crippen MR) is 66.1 cm³/mol. The number of hydrogen-bond acceptors (Lipinski definition) is 1. The van der Waals surface area contributed by atoms with Crippen LogP contribution in [-0.2, 0) is 5.41 Å². The lowest BCUT2D eigenvalue weighted by molar-refractivity contribution is 0.285. The topological polar surface area (TPSA) is 3.24 Å². The molecule has 2 aliphatic carbocycles. The Kier molecular flexibility index (Phi) is 2.02.